The minimum absolute atomic E-state index is 0.202. The molecular weight excluding hydrogens is 414 g/mol. The molecule has 0 amide bonds. The number of imidazole rings is 1. The average molecular weight is 442 g/mol. The molecule has 0 radical (unpaired) electrons. The van der Waals surface area contributed by atoms with Crippen molar-refractivity contribution in [1.29, 1.82) is 0 Å². The first-order chi connectivity index (χ1) is 16.0. The second kappa shape index (κ2) is 8.24. The number of aromatic nitrogens is 4. The molecule has 0 bridgehead atoms. The zero-order valence-electron chi connectivity index (χ0n) is 19.1. The zero-order valence-corrected chi connectivity index (χ0v) is 19.1. The van der Waals surface area contributed by atoms with Crippen LogP contribution in [0.3, 0.4) is 0 Å². The number of rotatable bonds is 4. The van der Waals surface area contributed by atoms with Gasteiger partial charge in [0.05, 0.1) is 0 Å². The average Bonchev–Trinajstić information content (AvgIpc) is 3.20. The molecule has 1 unspecified atom stereocenters. The van der Waals surface area contributed by atoms with Crippen LogP contribution in [0.4, 0.5) is 11.6 Å². The van der Waals surface area contributed by atoms with Gasteiger partial charge in [-0.25, -0.2) is 4.79 Å². The van der Waals surface area contributed by atoms with E-state index in [9.17, 15) is 9.59 Å². The van der Waals surface area contributed by atoms with Crippen molar-refractivity contribution in [2.45, 2.75) is 26.9 Å². The number of para-hydroxylation sites is 1. The van der Waals surface area contributed by atoms with Crippen molar-refractivity contribution in [2.75, 3.05) is 11.4 Å². The lowest BCUT2D eigenvalue weighted by Gasteiger charge is -2.33. The Morgan fingerprint density at radius 2 is 1.76 bits per heavy atom. The molecule has 0 N–H and O–H groups in total. The summed E-state index contributed by atoms with van der Waals surface area (Å²) in [6.45, 7) is 5.93. The van der Waals surface area contributed by atoms with Crippen LogP contribution in [0.25, 0.3) is 17.2 Å². The molecule has 3 heterocycles. The maximum absolute atomic E-state index is 13.5. The van der Waals surface area contributed by atoms with E-state index in [2.05, 4.69) is 30.9 Å². The van der Waals surface area contributed by atoms with Crippen LogP contribution in [0.5, 0.6) is 0 Å². The molecule has 2 aromatic carbocycles. The summed E-state index contributed by atoms with van der Waals surface area (Å²) in [7, 11) is 1.68. The van der Waals surface area contributed by atoms with E-state index in [0.717, 1.165) is 23.4 Å². The minimum atomic E-state index is -0.365. The lowest BCUT2D eigenvalue weighted by atomic mass is 10.1. The number of fused-ring (bicyclic) bond motifs is 3. The van der Waals surface area contributed by atoms with Gasteiger partial charge >= 0.3 is 5.69 Å². The largest absolute Gasteiger partial charge is 0.332 e. The quantitative estimate of drug-likeness (QED) is 0.484. The van der Waals surface area contributed by atoms with E-state index in [-0.39, 0.29) is 17.8 Å². The molecular formula is C26H27N5O2. The van der Waals surface area contributed by atoms with Crippen LogP contribution in [0, 0.1) is 12.8 Å². The number of nitrogens with zero attached hydrogens (tertiary/aromatic N) is 5. The molecule has 2 aromatic heterocycles. The molecule has 0 saturated carbocycles. The number of aryl methyl sites for hydroxylation is 2. The predicted octanol–water partition coefficient (Wildman–Crippen LogP) is 3.71. The highest BCUT2D eigenvalue weighted by atomic mass is 16.2. The second-order valence-corrected chi connectivity index (χ2v) is 8.77. The summed E-state index contributed by atoms with van der Waals surface area (Å²) in [6, 6.07) is 18.0. The van der Waals surface area contributed by atoms with E-state index >= 15 is 0 Å². The Bertz CT molecular complexity index is 1480. The third-order valence-electron chi connectivity index (χ3n) is 6.25. The van der Waals surface area contributed by atoms with E-state index in [1.54, 1.807) is 7.05 Å². The normalized spacial score (nSPS) is 16.0. The summed E-state index contributed by atoms with van der Waals surface area (Å²) >= 11 is 0. The van der Waals surface area contributed by atoms with Gasteiger partial charge in [0.2, 0.25) is 5.95 Å². The molecule has 7 nitrogen and oxygen atoms in total. The van der Waals surface area contributed by atoms with Gasteiger partial charge in [-0.15, -0.1) is 0 Å². The molecule has 168 valence electrons. The molecule has 0 fully saturated rings. The van der Waals surface area contributed by atoms with Crippen molar-refractivity contribution >= 4 is 28.9 Å². The standard InChI is InChI=1S/C26H27N5O2/c1-18-16-30(21-14-8-7-10-19(21)2)25-27-23-22(31(25)17-18)24(32)29(26(33)28(23)3)15-9-13-20-11-5-4-6-12-20/h4-14,18H,15-17H2,1-3H3/b13-9+. The van der Waals surface area contributed by atoms with Crippen molar-refractivity contribution < 1.29 is 0 Å². The lowest BCUT2D eigenvalue weighted by Crippen LogP contribution is -2.40. The Morgan fingerprint density at radius 3 is 2.52 bits per heavy atom. The van der Waals surface area contributed by atoms with Crippen molar-refractivity contribution in [3.8, 4) is 0 Å². The summed E-state index contributed by atoms with van der Waals surface area (Å²) in [5, 5.41) is 0. The molecule has 0 saturated heterocycles. The molecule has 7 heteroatoms. The monoisotopic (exact) mass is 441 g/mol. The summed E-state index contributed by atoms with van der Waals surface area (Å²) in [5.74, 6) is 1.03. The van der Waals surface area contributed by atoms with Crippen molar-refractivity contribution in [1.82, 2.24) is 18.7 Å². The summed E-state index contributed by atoms with van der Waals surface area (Å²) < 4.78 is 4.75. The SMILES string of the molecule is Cc1ccccc1N1CC(C)Cn2c1nc1c2c(=O)n(C/C=C/c2ccccc2)c(=O)n1C. The highest BCUT2D eigenvalue weighted by Crippen LogP contribution is 2.34. The fraction of sp³-hybridized carbons (Fsp3) is 0.269. The maximum atomic E-state index is 13.5. The first-order valence-corrected chi connectivity index (χ1v) is 11.2. The molecule has 0 aliphatic carbocycles. The minimum Gasteiger partial charge on any atom is -0.311 e. The van der Waals surface area contributed by atoms with Gasteiger partial charge in [-0.2, -0.15) is 4.98 Å². The summed E-state index contributed by atoms with van der Waals surface area (Å²) in [6.07, 6.45) is 3.77. The topological polar surface area (TPSA) is 65.1 Å². The van der Waals surface area contributed by atoms with E-state index in [0.29, 0.717) is 29.6 Å². The number of benzene rings is 2. The smallest absolute Gasteiger partial charge is 0.311 e. The van der Waals surface area contributed by atoms with Gasteiger partial charge in [0, 0.05) is 32.4 Å². The number of hydrogen-bond donors (Lipinski definition) is 0. The van der Waals surface area contributed by atoms with Gasteiger partial charge in [-0.1, -0.05) is 67.6 Å². The van der Waals surface area contributed by atoms with Crippen LogP contribution < -0.4 is 16.1 Å². The van der Waals surface area contributed by atoms with Crippen LogP contribution in [0.2, 0.25) is 0 Å². The molecule has 0 spiro atoms. The third kappa shape index (κ3) is 3.59. The second-order valence-electron chi connectivity index (χ2n) is 8.77. The maximum Gasteiger partial charge on any atom is 0.332 e. The first-order valence-electron chi connectivity index (χ1n) is 11.2. The van der Waals surface area contributed by atoms with Crippen molar-refractivity contribution in [2.24, 2.45) is 13.0 Å². The predicted molar refractivity (Wildman–Crippen MR) is 132 cm³/mol. The number of anilines is 2. The van der Waals surface area contributed by atoms with Crippen LogP contribution in [-0.4, -0.2) is 25.2 Å². The van der Waals surface area contributed by atoms with Crippen LogP contribution in [0.15, 0.2) is 70.3 Å². The van der Waals surface area contributed by atoms with E-state index in [1.807, 2.05) is 59.2 Å². The molecule has 4 aromatic rings. The molecule has 5 rings (SSSR count). The fourth-order valence-electron chi connectivity index (χ4n) is 4.59. The van der Waals surface area contributed by atoms with Gasteiger partial charge in [0.15, 0.2) is 11.2 Å². The van der Waals surface area contributed by atoms with Gasteiger partial charge in [-0.3, -0.25) is 13.9 Å². The van der Waals surface area contributed by atoms with Gasteiger partial charge in [-0.05, 0) is 30.0 Å². The van der Waals surface area contributed by atoms with E-state index in [1.165, 1.54) is 9.13 Å². The van der Waals surface area contributed by atoms with Crippen LogP contribution in [-0.2, 0) is 20.1 Å². The van der Waals surface area contributed by atoms with E-state index < -0.39 is 0 Å². The third-order valence-corrected chi connectivity index (χ3v) is 6.25. The molecule has 33 heavy (non-hydrogen) atoms. The first kappa shape index (κ1) is 21.0. The fourth-order valence-corrected chi connectivity index (χ4v) is 4.59. The molecule has 1 atom stereocenters. The van der Waals surface area contributed by atoms with Gasteiger partial charge in [0.25, 0.3) is 5.56 Å². The van der Waals surface area contributed by atoms with Crippen LogP contribution >= 0.6 is 0 Å². The number of hydrogen-bond acceptors (Lipinski definition) is 4. The zero-order chi connectivity index (χ0) is 23.1. The Kier molecular flexibility index (Phi) is 5.24. The number of allylic oxidation sites excluding steroid dienone is 1. The van der Waals surface area contributed by atoms with Crippen LogP contribution in [0.1, 0.15) is 18.1 Å². The Labute approximate surface area is 191 Å². The highest BCUT2D eigenvalue weighted by molar-refractivity contribution is 5.77. The van der Waals surface area contributed by atoms with Gasteiger partial charge < -0.3 is 9.47 Å². The van der Waals surface area contributed by atoms with Crippen molar-refractivity contribution in [3.05, 3.63) is 92.6 Å². The van der Waals surface area contributed by atoms with Gasteiger partial charge in [0.1, 0.15) is 0 Å². The summed E-state index contributed by atoms with van der Waals surface area (Å²) in [5.41, 5.74) is 3.47. The molecule has 1 aliphatic rings. The summed E-state index contributed by atoms with van der Waals surface area (Å²) in [4.78, 5) is 33.5. The highest BCUT2D eigenvalue weighted by Gasteiger charge is 2.30. The van der Waals surface area contributed by atoms with E-state index in [4.69, 9.17) is 4.98 Å². The lowest BCUT2D eigenvalue weighted by molar-refractivity contribution is 0.457. The Hall–Kier alpha value is -3.87. The Balaban J connectivity index is 1.65. The molecule has 1 aliphatic heterocycles. The Morgan fingerprint density at radius 1 is 1.03 bits per heavy atom. The van der Waals surface area contributed by atoms with Crippen molar-refractivity contribution in [3.63, 3.8) is 0 Å².